The van der Waals surface area contributed by atoms with Gasteiger partial charge in [-0.3, -0.25) is 4.79 Å². The van der Waals surface area contributed by atoms with Crippen LogP contribution in [0.3, 0.4) is 0 Å². The Morgan fingerprint density at radius 3 is 2.51 bits per heavy atom. The average Bonchev–Trinajstić information content (AvgIpc) is 3.83. The second kappa shape index (κ2) is 11.4. The van der Waals surface area contributed by atoms with E-state index in [0.29, 0.717) is 5.92 Å². The molecule has 5 heteroatoms. The third-order valence-corrected chi connectivity index (χ3v) is 10.2. The lowest BCUT2D eigenvalue weighted by molar-refractivity contribution is -0.155. The molecule has 3 aromatic carbocycles. The van der Waals surface area contributed by atoms with Gasteiger partial charge in [0.25, 0.3) is 5.91 Å². The zero-order valence-corrected chi connectivity index (χ0v) is 25.3. The standard InChI is InChI=1S/C36H46N2O3/c1-26(2)23-38(34(39)30-15-14-28-8-5-6-9-29(28)20-30)32-16-17-36(41-4)25-37(24-27-12-13-27)19-18-35(36,22-32)31-10-7-11-33(21-31)40-3/h5-11,14-15,20-21,26-27,32H,12-13,16-19,22-25H2,1-4H3/t32-,35-,36-/m0/s1. The highest BCUT2D eigenvalue weighted by Gasteiger charge is 2.60. The number of rotatable bonds is 9. The topological polar surface area (TPSA) is 42.0 Å². The lowest BCUT2D eigenvalue weighted by atomic mass is 9.54. The molecule has 2 saturated carbocycles. The Hall–Kier alpha value is -2.89. The SMILES string of the molecule is COc1cccc([C@@]23CCN(CC4CC4)C[C@@]2(OC)CC[C@H](N(CC(C)C)C(=O)c2ccc4ccccc4c2)C3)c1. The van der Waals surface area contributed by atoms with Crippen LogP contribution < -0.4 is 4.74 Å². The molecule has 1 heterocycles. The predicted molar refractivity (Wildman–Crippen MR) is 166 cm³/mol. The molecule has 3 aliphatic rings. The number of benzene rings is 3. The molecule has 0 spiro atoms. The van der Waals surface area contributed by atoms with Crippen molar-refractivity contribution >= 4 is 16.7 Å². The minimum absolute atomic E-state index is 0.140. The van der Waals surface area contributed by atoms with Crippen molar-refractivity contribution in [2.75, 3.05) is 40.4 Å². The Bertz CT molecular complexity index is 1380. The minimum atomic E-state index is -0.293. The van der Waals surface area contributed by atoms with E-state index in [9.17, 15) is 4.79 Å². The van der Waals surface area contributed by atoms with Gasteiger partial charge in [0.15, 0.2) is 0 Å². The predicted octanol–water partition coefficient (Wildman–Crippen LogP) is 6.94. The van der Waals surface area contributed by atoms with Gasteiger partial charge in [0.05, 0.1) is 12.7 Å². The summed E-state index contributed by atoms with van der Waals surface area (Å²) >= 11 is 0. The number of amides is 1. The molecular weight excluding hydrogens is 508 g/mol. The number of hydrogen-bond donors (Lipinski definition) is 0. The van der Waals surface area contributed by atoms with Crippen molar-refractivity contribution in [1.29, 1.82) is 0 Å². The van der Waals surface area contributed by atoms with E-state index in [1.807, 2.05) is 31.4 Å². The zero-order chi connectivity index (χ0) is 28.6. The van der Waals surface area contributed by atoms with E-state index in [-0.39, 0.29) is 23.0 Å². The van der Waals surface area contributed by atoms with Crippen molar-refractivity contribution in [1.82, 2.24) is 9.80 Å². The number of nitrogens with zero attached hydrogens (tertiary/aromatic N) is 2. The highest BCUT2D eigenvalue weighted by atomic mass is 16.5. The molecule has 218 valence electrons. The average molecular weight is 555 g/mol. The lowest BCUT2D eigenvalue weighted by Crippen LogP contribution is -2.68. The van der Waals surface area contributed by atoms with Gasteiger partial charge in [0.2, 0.25) is 0 Å². The smallest absolute Gasteiger partial charge is 0.254 e. The molecule has 0 radical (unpaired) electrons. The molecular formula is C36H46N2O3. The van der Waals surface area contributed by atoms with Crippen molar-refractivity contribution in [3.05, 3.63) is 77.9 Å². The van der Waals surface area contributed by atoms with Crippen LogP contribution in [0.2, 0.25) is 0 Å². The summed E-state index contributed by atoms with van der Waals surface area (Å²) in [5.41, 5.74) is 1.58. The van der Waals surface area contributed by atoms with Gasteiger partial charge in [-0.25, -0.2) is 0 Å². The van der Waals surface area contributed by atoms with Crippen LogP contribution in [0.1, 0.15) is 68.3 Å². The Labute approximate surface area is 245 Å². The van der Waals surface area contributed by atoms with Gasteiger partial charge in [0.1, 0.15) is 5.75 Å². The molecule has 1 aliphatic heterocycles. The van der Waals surface area contributed by atoms with E-state index < -0.39 is 0 Å². The number of fused-ring (bicyclic) bond motifs is 2. The summed E-state index contributed by atoms with van der Waals surface area (Å²) in [7, 11) is 3.66. The van der Waals surface area contributed by atoms with Gasteiger partial charge in [-0.2, -0.15) is 0 Å². The number of methoxy groups -OCH3 is 2. The monoisotopic (exact) mass is 554 g/mol. The molecule has 0 aromatic heterocycles. The molecule has 41 heavy (non-hydrogen) atoms. The summed E-state index contributed by atoms with van der Waals surface area (Å²) < 4.78 is 12.4. The molecule has 1 saturated heterocycles. The van der Waals surface area contributed by atoms with E-state index in [1.54, 1.807) is 7.11 Å². The lowest BCUT2D eigenvalue weighted by Gasteiger charge is -2.61. The second-order valence-electron chi connectivity index (χ2n) is 13.3. The summed E-state index contributed by atoms with van der Waals surface area (Å²) in [5, 5.41) is 2.28. The van der Waals surface area contributed by atoms with Crippen molar-refractivity contribution in [2.45, 2.75) is 69.4 Å². The fourth-order valence-corrected chi connectivity index (χ4v) is 7.85. The number of ether oxygens (including phenoxy) is 2. The van der Waals surface area contributed by atoms with E-state index in [1.165, 1.54) is 24.9 Å². The van der Waals surface area contributed by atoms with Gasteiger partial charge in [0, 0.05) is 43.8 Å². The quantitative estimate of drug-likeness (QED) is 0.287. The van der Waals surface area contributed by atoms with E-state index in [2.05, 4.69) is 66.1 Å². The molecule has 3 aromatic rings. The number of piperidine rings is 1. The Morgan fingerprint density at radius 2 is 1.78 bits per heavy atom. The van der Waals surface area contributed by atoms with Gasteiger partial charge in [-0.1, -0.05) is 56.3 Å². The third kappa shape index (κ3) is 5.39. The first-order chi connectivity index (χ1) is 19.9. The molecule has 0 N–H and O–H groups in total. The van der Waals surface area contributed by atoms with Crippen molar-refractivity contribution in [3.8, 4) is 5.75 Å². The van der Waals surface area contributed by atoms with E-state index in [4.69, 9.17) is 9.47 Å². The van der Waals surface area contributed by atoms with Gasteiger partial charge < -0.3 is 19.3 Å². The van der Waals surface area contributed by atoms with Crippen molar-refractivity contribution in [3.63, 3.8) is 0 Å². The van der Waals surface area contributed by atoms with Crippen molar-refractivity contribution < 1.29 is 14.3 Å². The van der Waals surface area contributed by atoms with Crippen LogP contribution in [-0.2, 0) is 10.2 Å². The molecule has 3 fully saturated rings. The second-order valence-corrected chi connectivity index (χ2v) is 13.3. The van der Waals surface area contributed by atoms with Crippen LogP contribution in [0.5, 0.6) is 5.75 Å². The van der Waals surface area contributed by atoms with Crippen LogP contribution in [0.4, 0.5) is 0 Å². The zero-order valence-electron chi connectivity index (χ0n) is 25.3. The molecule has 0 unspecified atom stereocenters. The molecule has 0 bridgehead atoms. The number of likely N-dealkylation sites (tertiary alicyclic amines) is 1. The van der Waals surface area contributed by atoms with Gasteiger partial charge in [-0.15, -0.1) is 0 Å². The van der Waals surface area contributed by atoms with E-state index >= 15 is 0 Å². The fourth-order valence-electron chi connectivity index (χ4n) is 7.85. The van der Waals surface area contributed by atoms with Crippen LogP contribution in [0, 0.1) is 11.8 Å². The molecule has 3 atom stereocenters. The summed E-state index contributed by atoms with van der Waals surface area (Å²) in [6.45, 7) is 8.39. The van der Waals surface area contributed by atoms with Crippen LogP contribution in [-0.4, -0.2) is 67.7 Å². The maximum Gasteiger partial charge on any atom is 0.254 e. The number of carbonyl (C=O) groups is 1. The third-order valence-electron chi connectivity index (χ3n) is 10.2. The maximum atomic E-state index is 14.3. The highest BCUT2D eigenvalue weighted by molar-refractivity contribution is 5.98. The first-order valence-electron chi connectivity index (χ1n) is 15.6. The van der Waals surface area contributed by atoms with Gasteiger partial charge >= 0.3 is 0 Å². The molecule has 5 nitrogen and oxygen atoms in total. The normalized spacial score (nSPS) is 26.6. The fraction of sp³-hybridized carbons (Fsp3) is 0.528. The van der Waals surface area contributed by atoms with Crippen LogP contribution in [0.15, 0.2) is 66.7 Å². The van der Waals surface area contributed by atoms with Gasteiger partial charge in [-0.05, 0) is 97.5 Å². The summed E-state index contributed by atoms with van der Waals surface area (Å²) in [5.74, 6) is 2.26. The summed E-state index contributed by atoms with van der Waals surface area (Å²) in [6.07, 6.45) is 6.53. The maximum absolute atomic E-state index is 14.3. The first-order valence-corrected chi connectivity index (χ1v) is 15.6. The van der Waals surface area contributed by atoms with Crippen LogP contribution >= 0.6 is 0 Å². The summed E-state index contributed by atoms with van der Waals surface area (Å²) in [4.78, 5) is 19.2. The minimum Gasteiger partial charge on any atom is -0.497 e. The van der Waals surface area contributed by atoms with Crippen molar-refractivity contribution in [2.24, 2.45) is 11.8 Å². The molecule has 1 amide bonds. The molecule has 2 aliphatic carbocycles. The molecule has 6 rings (SSSR count). The number of hydrogen-bond acceptors (Lipinski definition) is 4. The first kappa shape index (κ1) is 28.2. The van der Waals surface area contributed by atoms with Crippen LogP contribution in [0.25, 0.3) is 10.8 Å². The van der Waals surface area contributed by atoms with E-state index in [0.717, 1.165) is 73.3 Å². The Morgan fingerprint density at radius 1 is 0.976 bits per heavy atom. The largest absolute Gasteiger partial charge is 0.497 e. The number of carbonyl (C=O) groups excluding carboxylic acids is 1. The Kier molecular flexibility index (Phi) is 7.86. The highest BCUT2D eigenvalue weighted by Crippen LogP contribution is 2.55. The summed E-state index contributed by atoms with van der Waals surface area (Å²) in [6, 6.07) is 23.2. The Balaban J connectivity index is 1.37.